The number of hydrogen-bond donors (Lipinski definition) is 12. The van der Waals surface area contributed by atoms with Crippen molar-refractivity contribution in [1.29, 1.82) is 0 Å². The maximum atomic E-state index is 13.5. The molecular formula is C92H165NO18. The summed E-state index contributed by atoms with van der Waals surface area (Å²) in [7, 11) is 0. The summed E-state index contributed by atoms with van der Waals surface area (Å²) >= 11 is 0. The summed E-state index contributed by atoms with van der Waals surface area (Å²) in [4.78, 5) is 13.5. The largest absolute Gasteiger partial charge is 0.394 e. The van der Waals surface area contributed by atoms with E-state index in [-0.39, 0.29) is 18.9 Å². The first kappa shape index (κ1) is 102. The van der Waals surface area contributed by atoms with E-state index in [2.05, 4.69) is 92.1 Å². The predicted octanol–water partition coefficient (Wildman–Crippen LogP) is 17.3. The summed E-state index contributed by atoms with van der Waals surface area (Å²) in [6, 6.07) is -1.00. The standard InChI is InChI=1S/C92H165NO18/c1-3-5-7-9-11-13-15-17-19-21-23-25-27-29-31-33-35-37-39-41-43-45-47-49-51-53-55-57-59-61-63-65-67-69-76(97)75(74-106-90-86(104)83(101)88(78(72-95)108-90)111-92-87(105)84(102)89(79(73-96)109-92)110-91-85(103)82(100)81(99)77(71-94)107-91)93-80(98)70-68-66-64-62-60-58-56-54-52-50-48-46-44-42-40-38-36-34-32-30-28-26-24-22-20-18-16-14-12-10-8-6-4-2/h6,8,12,14,18,20,24,26,51,53,59,61,67,69,75-79,81-92,94-97,99-105H,3-5,7,9-11,13,15-17,19,21-23,25,27-50,52,54-58,60,62-66,68,70-74H2,1-2H3,(H,93,98)/b8-6-,14-12-,20-18-,26-24-,53-51+,61-59+,69-67+. The first-order valence-corrected chi connectivity index (χ1v) is 45.3. The SMILES string of the molecule is CC/C=C\C/C=C\C/C=C\C/C=C\CCCCCCCCCCCCCCCCCCCCCCC(=O)NC(COC1OC(CO)C(OC2OC(CO)C(OC3OC(CO)C(O)C(O)C3O)C(O)C2O)C(O)C1O)C(O)/C=C/CC/C=C/CC/C=C/CCCCCCCCCCCCCCCCCCCCCCCCC. The zero-order valence-corrected chi connectivity index (χ0v) is 69.7. The quantitative estimate of drug-likeness (QED) is 0.0199. The predicted molar refractivity (Wildman–Crippen MR) is 448 cm³/mol. The van der Waals surface area contributed by atoms with Crippen molar-refractivity contribution in [3.8, 4) is 0 Å². The first-order valence-electron chi connectivity index (χ1n) is 45.3. The van der Waals surface area contributed by atoms with Crippen molar-refractivity contribution in [3.63, 3.8) is 0 Å². The lowest BCUT2D eigenvalue weighted by molar-refractivity contribution is -0.379. The molecule has 0 aromatic carbocycles. The van der Waals surface area contributed by atoms with Crippen molar-refractivity contribution in [3.05, 3.63) is 85.1 Å². The van der Waals surface area contributed by atoms with Gasteiger partial charge < -0.3 is 89.9 Å². The number of carbonyl (C=O) groups is 1. The highest BCUT2D eigenvalue weighted by atomic mass is 16.8. The van der Waals surface area contributed by atoms with Crippen LogP contribution in [-0.2, 0) is 33.2 Å². The number of nitrogens with one attached hydrogen (secondary N) is 1. The number of ether oxygens (including phenoxy) is 6. The molecule has 17 unspecified atom stereocenters. The van der Waals surface area contributed by atoms with Crippen molar-refractivity contribution >= 4 is 5.91 Å². The van der Waals surface area contributed by atoms with Crippen LogP contribution in [0.5, 0.6) is 0 Å². The molecule has 0 aromatic heterocycles. The Bertz CT molecular complexity index is 2330. The normalized spacial score (nSPS) is 25.4. The van der Waals surface area contributed by atoms with Crippen LogP contribution in [0.25, 0.3) is 0 Å². The fraction of sp³-hybridized carbons (Fsp3) is 0.837. The van der Waals surface area contributed by atoms with Crippen LogP contribution in [-0.4, -0.2) is 193 Å². The number of unbranched alkanes of at least 4 members (excludes halogenated alkanes) is 45. The van der Waals surface area contributed by atoms with E-state index in [1.165, 1.54) is 257 Å². The van der Waals surface area contributed by atoms with Crippen LogP contribution in [0, 0.1) is 0 Å². The highest BCUT2D eigenvalue weighted by Gasteiger charge is 2.54. The van der Waals surface area contributed by atoms with Gasteiger partial charge >= 0.3 is 0 Å². The Morgan fingerprint density at radius 1 is 0.333 bits per heavy atom. The van der Waals surface area contributed by atoms with Crippen molar-refractivity contribution in [1.82, 2.24) is 5.32 Å². The number of aliphatic hydroxyl groups is 11. The molecular weight excluding hydrogens is 1410 g/mol. The van der Waals surface area contributed by atoms with Crippen LogP contribution in [0.15, 0.2) is 85.1 Å². The van der Waals surface area contributed by atoms with Crippen LogP contribution in [0.4, 0.5) is 0 Å². The van der Waals surface area contributed by atoms with Crippen LogP contribution in [0.3, 0.4) is 0 Å². The Kier molecular flexibility index (Phi) is 65.4. The second-order valence-electron chi connectivity index (χ2n) is 32.0. The molecule has 17 atom stereocenters. The van der Waals surface area contributed by atoms with Gasteiger partial charge in [-0.2, -0.15) is 0 Å². The van der Waals surface area contributed by atoms with Crippen molar-refractivity contribution in [2.24, 2.45) is 0 Å². The minimum atomic E-state index is -1.99. The molecule has 3 saturated heterocycles. The third-order valence-corrected chi connectivity index (χ3v) is 22.2. The van der Waals surface area contributed by atoms with Crippen LogP contribution >= 0.6 is 0 Å². The summed E-state index contributed by atoms with van der Waals surface area (Å²) in [6.07, 6.45) is 70.3. The summed E-state index contributed by atoms with van der Waals surface area (Å²) < 4.78 is 34.5. The fourth-order valence-electron chi connectivity index (χ4n) is 15.0. The van der Waals surface area contributed by atoms with Gasteiger partial charge in [-0.1, -0.05) is 356 Å². The Morgan fingerprint density at radius 3 is 1.01 bits per heavy atom. The molecule has 111 heavy (non-hydrogen) atoms. The van der Waals surface area contributed by atoms with Crippen molar-refractivity contribution in [2.75, 3.05) is 26.4 Å². The Labute approximate surface area is 673 Å². The number of amides is 1. The molecule has 0 bridgehead atoms. The van der Waals surface area contributed by atoms with Crippen molar-refractivity contribution in [2.45, 2.75) is 465 Å². The lowest BCUT2D eigenvalue weighted by atomic mass is 9.96. The zero-order valence-electron chi connectivity index (χ0n) is 69.7. The summed E-state index contributed by atoms with van der Waals surface area (Å²) in [6.45, 7) is 1.65. The van der Waals surface area contributed by atoms with Crippen molar-refractivity contribution < 1.29 is 89.4 Å². The molecule has 0 spiro atoms. The van der Waals surface area contributed by atoms with Gasteiger partial charge in [0.05, 0.1) is 38.6 Å². The molecule has 0 aliphatic carbocycles. The van der Waals surface area contributed by atoms with Gasteiger partial charge in [-0.3, -0.25) is 4.79 Å². The van der Waals surface area contributed by atoms with Gasteiger partial charge in [-0.05, 0) is 83.5 Å². The maximum Gasteiger partial charge on any atom is 0.220 e. The molecule has 1 amide bonds. The third kappa shape index (κ3) is 49.7. The van der Waals surface area contributed by atoms with Gasteiger partial charge in [0.15, 0.2) is 18.9 Å². The molecule has 3 aliphatic rings. The topological polar surface area (TPSA) is 307 Å². The zero-order chi connectivity index (χ0) is 80.3. The number of hydrogen-bond acceptors (Lipinski definition) is 18. The molecule has 646 valence electrons. The second kappa shape index (κ2) is 71.1. The van der Waals surface area contributed by atoms with Gasteiger partial charge in [0.1, 0.15) is 73.2 Å². The van der Waals surface area contributed by atoms with E-state index in [0.29, 0.717) is 12.8 Å². The molecule has 19 heteroatoms. The van der Waals surface area contributed by atoms with Gasteiger partial charge in [-0.15, -0.1) is 0 Å². The molecule has 3 fully saturated rings. The molecule has 0 radical (unpaired) electrons. The van der Waals surface area contributed by atoms with E-state index < -0.39 is 124 Å². The van der Waals surface area contributed by atoms with Crippen LogP contribution < -0.4 is 5.32 Å². The summed E-state index contributed by atoms with van der Waals surface area (Å²) in [5.41, 5.74) is 0. The molecule has 19 nitrogen and oxygen atoms in total. The molecule has 3 aliphatic heterocycles. The summed E-state index contributed by atoms with van der Waals surface area (Å²) in [5, 5.41) is 121. The summed E-state index contributed by atoms with van der Waals surface area (Å²) in [5.74, 6) is -0.285. The number of rotatable bonds is 73. The van der Waals surface area contributed by atoms with Crippen LogP contribution in [0.1, 0.15) is 361 Å². The van der Waals surface area contributed by atoms with Gasteiger partial charge in [0.25, 0.3) is 0 Å². The monoisotopic (exact) mass is 1570 g/mol. The number of carbonyl (C=O) groups excluding carboxylic acids is 1. The smallest absolute Gasteiger partial charge is 0.220 e. The van der Waals surface area contributed by atoms with Gasteiger partial charge in [-0.25, -0.2) is 0 Å². The van der Waals surface area contributed by atoms with E-state index in [4.69, 9.17) is 28.4 Å². The molecule has 3 rings (SSSR count). The molecule has 0 aromatic rings. The van der Waals surface area contributed by atoms with Crippen LogP contribution in [0.2, 0.25) is 0 Å². The van der Waals surface area contributed by atoms with E-state index >= 15 is 0 Å². The lowest BCUT2D eigenvalue weighted by Gasteiger charge is -2.48. The highest BCUT2D eigenvalue weighted by molar-refractivity contribution is 5.76. The minimum absolute atomic E-state index is 0.231. The highest BCUT2D eigenvalue weighted by Crippen LogP contribution is 2.34. The fourth-order valence-corrected chi connectivity index (χ4v) is 15.0. The lowest BCUT2D eigenvalue weighted by Crippen LogP contribution is -2.66. The first-order chi connectivity index (χ1) is 54.3. The Balaban J connectivity index is 1.34. The van der Waals surface area contributed by atoms with E-state index in [0.717, 1.165) is 70.6 Å². The number of allylic oxidation sites excluding steroid dienone is 13. The Morgan fingerprint density at radius 2 is 0.631 bits per heavy atom. The van der Waals surface area contributed by atoms with E-state index in [9.17, 15) is 61.0 Å². The molecule has 3 heterocycles. The minimum Gasteiger partial charge on any atom is -0.394 e. The van der Waals surface area contributed by atoms with E-state index in [1.807, 2.05) is 6.08 Å². The van der Waals surface area contributed by atoms with E-state index in [1.54, 1.807) is 6.08 Å². The number of aliphatic hydroxyl groups excluding tert-OH is 11. The van der Waals surface area contributed by atoms with Gasteiger partial charge in [0, 0.05) is 6.42 Å². The maximum absolute atomic E-state index is 13.5. The Hall–Kier alpha value is -3.03. The second-order valence-corrected chi connectivity index (χ2v) is 32.0. The van der Waals surface area contributed by atoms with Gasteiger partial charge in [0.2, 0.25) is 5.91 Å². The molecule has 0 saturated carbocycles. The third-order valence-electron chi connectivity index (χ3n) is 22.2. The average molecular weight is 1570 g/mol. The molecule has 12 N–H and O–H groups in total. The average Bonchev–Trinajstić information content (AvgIpc) is 0.780.